The third-order valence-electron chi connectivity index (χ3n) is 3.27. The van der Waals surface area contributed by atoms with Crippen molar-refractivity contribution < 1.29 is 13.5 Å². The number of nitrogens with two attached hydrogens (primary N) is 1. The summed E-state index contributed by atoms with van der Waals surface area (Å²) in [5.74, 6) is 0.0915. The van der Waals surface area contributed by atoms with Crippen LogP contribution < -0.4 is 5.73 Å². The highest BCUT2D eigenvalue weighted by molar-refractivity contribution is 7.91. The van der Waals surface area contributed by atoms with Crippen LogP contribution in [0.25, 0.3) is 0 Å². The Balaban J connectivity index is 2.63. The van der Waals surface area contributed by atoms with Gasteiger partial charge in [0.15, 0.2) is 9.84 Å². The number of hydrogen-bond donors (Lipinski definition) is 2. The van der Waals surface area contributed by atoms with Crippen LogP contribution in [0.5, 0.6) is 0 Å². The molecular formula is C14H24N2O3S. The van der Waals surface area contributed by atoms with Gasteiger partial charge in [-0.3, -0.25) is 0 Å². The Hall–Kier alpha value is -0.950. The summed E-state index contributed by atoms with van der Waals surface area (Å²) >= 11 is 0. The van der Waals surface area contributed by atoms with E-state index in [1.54, 1.807) is 24.3 Å². The molecule has 0 fully saturated rings. The molecule has 0 aliphatic heterocycles. The van der Waals surface area contributed by atoms with E-state index in [2.05, 4.69) is 0 Å². The first-order valence-electron chi connectivity index (χ1n) is 6.88. The van der Waals surface area contributed by atoms with Gasteiger partial charge in [0, 0.05) is 26.2 Å². The Labute approximate surface area is 121 Å². The molecule has 1 aromatic rings. The lowest BCUT2D eigenvalue weighted by Crippen LogP contribution is -2.30. The van der Waals surface area contributed by atoms with E-state index in [-0.39, 0.29) is 12.4 Å². The van der Waals surface area contributed by atoms with Crippen molar-refractivity contribution in [2.75, 3.05) is 32.0 Å². The number of rotatable bonds is 9. The molecule has 0 radical (unpaired) electrons. The fourth-order valence-corrected chi connectivity index (χ4v) is 3.21. The van der Waals surface area contributed by atoms with Gasteiger partial charge in [0.1, 0.15) is 0 Å². The maximum Gasteiger partial charge on any atom is 0.179 e. The van der Waals surface area contributed by atoms with Gasteiger partial charge in [0.2, 0.25) is 0 Å². The monoisotopic (exact) mass is 300 g/mol. The average molecular weight is 300 g/mol. The Kier molecular flexibility index (Phi) is 7.15. The van der Waals surface area contributed by atoms with Crippen LogP contribution in [-0.2, 0) is 16.4 Å². The summed E-state index contributed by atoms with van der Waals surface area (Å²) in [7, 11) is -3.26. The molecule has 114 valence electrons. The van der Waals surface area contributed by atoms with E-state index in [0.717, 1.165) is 12.1 Å². The molecule has 0 spiro atoms. The predicted molar refractivity (Wildman–Crippen MR) is 80.2 cm³/mol. The molecule has 0 amide bonds. The normalized spacial score (nSPS) is 12.0. The molecule has 6 heteroatoms. The highest BCUT2D eigenvalue weighted by atomic mass is 32.2. The summed E-state index contributed by atoms with van der Waals surface area (Å²) in [4.78, 5) is 2.37. The van der Waals surface area contributed by atoms with Crippen molar-refractivity contribution in [1.29, 1.82) is 0 Å². The highest BCUT2D eigenvalue weighted by Gasteiger charge is 2.15. The maximum absolute atomic E-state index is 12.2. The first kappa shape index (κ1) is 17.1. The van der Waals surface area contributed by atoms with E-state index in [4.69, 9.17) is 10.8 Å². The zero-order valence-electron chi connectivity index (χ0n) is 12.0. The van der Waals surface area contributed by atoms with Gasteiger partial charge >= 0.3 is 0 Å². The second kappa shape index (κ2) is 8.36. The summed E-state index contributed by atoms with van der Waals surface area (Å²) in [6.45, 7) is 4.50. The SMILES string of the molecule is CCN(CCCO)CCS(=O)(=O)c1ccc(CN)cc1. The van der Waals surface area contributed by atoms with Crippen molar-refractivity contribution >= 4 is 9.84 Å². The fraction of sp³-hybridized carbons (Fsp3) is 0.571. The fourth-order valence-electron chi connectivity index (χ4n) is 1.92. The molecule has 0 aliphatic rings. The minimum atomic E-state index is -3.26. The second-order valence-corrected chi connectivity index (χ2v) is 6.79. The standard InChI is InChI=1S/C14H24N2O3S/c1-2-16(8-3-10-17)9-11-20(18,19)14-6-4-13(12-15)5-7-14/h4-7,17H,2-3,8-12,15H2,1H3. The lowest BCUT2D eigenvalue weighted by atomic mass is 10.2. The third kappa shape index (κ3) is 5.20. The first-order chi connectivity index (χ1) is 9.53. The summed E-state index contributed by atoms with van der Waals surface area (Å²) in [6, 6.07) is 6.72. The predicted octanol–water partition coefficient (Wildman–Crippen LogP) is 0.623. The largest absolute Gasteiger partial charge is 0.396 e. The summed E-state index contributed by atoms with van der Waals surface area (Å²) in [5, 5.41) is 8.81. The van der Waals surface area contributed by atoms with Crippen LogP contribution in [-0.4, -0.2) is 50.4 Å². The molecule has 0 bridgehead atoms. The van der Waals surface area contributed by atoms with Crippen molar-refractivity contribution in [2.45, 2.75) is 24.8 Å². The van der Waals surface area contributed by atoms with Crippen LogP contribution in [0.4, 0.5) is 0 Å². The van der Waals surface area contributed by atoms with E-state index in [1.807, 2.05) is 11.8 Å². The van der Waals surface area contributed by atoms with Crippen LogP contribution >= 0.6 is 0 Å². The van der Waals surface area contributed by atoms with Crippen LogP contribution in [0.1, 0.15) is 18.9 Å². The third-order valence-corrected chi connectivity index (χ3v) is 4.98. The zero-order valence-corrected chi connectivity index (χ0v) is 12.8. The van der Waals surface area contributed by atoms with Crippen molar-refractivity contribution in [3.05, 3.63) is 29.8 Å². The Morgan fingerprint density at radius 3 is 2.35 bits per heavy atom. The van der Waals surface area contributed by atoms with E-state index in [0.29, 0.717) is 31.0 Å². The van der Waals surface area contributed by atoms with Crippen LogP contribution in [0, 0.1) is 0 Å². The number of aliphatic hydroxyl groups excluding tert-OH is 1. The van der Waals surface area contributed by atoms with E-state index in [9.17, 15) is 8.42 Å². The quantitative estimate of drug-likeness (QED) is 0.698. The molecule has 0 saturated carbocycles. The smallest absolute Gasteiger partial charge is 0.179 e. The molecule has 5 nitrogen and oxygen atoms in total. The molecule has 0 heterocycles. The molecule has 0 aliphatic carbocycles. The van der Waals surface area contributed by atoms with Crippen molar-refractivity contribution in [3.8, 4) is 0 Å². The second-order valence-electron chi connectivity index (χ2n) is 4.68. The van der Waals surface area contributed by atoms with Gasteiger partial charge in [0.25, 0.3) is 0 Å². The van der Waals surface area contributed by atoms with Gasteiger partial charge in [-0.05, 0) is 30.7 Å². The number of aliphatic hydroxyl groups is 1. The molecule has 0 saturated heterocycles. The molecule has 0 aromatic heterocycles. The van der Waals surface area contributed by atoms with Gasteiger partial charge in [-0.15, -0.1) is 0 Å². The van der Waals surface area contributed by atoms with Crippen LogP contribution in [0.3, 0.4) is 0 Å². The summed E-state index contributed by atoms with van der Waals surface area (Å²) in [5.41, 5.74) is 6.41. The minimum absolute atomic E-state index is 0.0915. The van der Waals surface area contributed by atoms with Crippen molar-refractivity contribution in [1.82, 2.24) is 4.90 Å². The molecule has 1 rings (SSSR count). The lowest BCUT2D eigenvalue weighted by molar-refractivity contribution is 0.237. The lowest BCUT2D eigenvalue weighted by Gasteiger charge is -2.19. The van der Waals surface area contributed by atoms with Crippen molar-refractivity contribution in [3.63, 3.8) is 0 Å². The number of hydrogen-bond acceptors (Lipinski definition) is 5. The van der Waals surface area contributed by atoms with Gasteiger partial charge in [-0.25, -0.2) is 8.42 Å². The summed E-state index contributed by atoms with van der Waals surface area (Å²) in [6.07, 6.45) is 0.666. The Morgan fingerprint density at radius 2 is 1.85 bits per heavy atom. The number of nitrogens with zero attached hydrogens (tertiary/aromatic N) is 1. The van der Waals surface area contributed by atoms with Gasteiger partial charge < -0.3 is 15.7 Å². The minimum Gasteiger partial charge on any atom is -0.396 e. The molecule has 0 unspecified atom stereocenters. The maximum atomic E-state index is 12.2. The summed E-state index contributed by atoms with van der Waals surface area (Å²) < 4.78 is 24.4. The number of sulfone groups is 1. The number of benzene rings is 1. The molecule has 3 N–H and O–H groups in total. The highest BCUT2D eigenvalue weighted by Crippen LogP contribution is 2.12. The van der Waals surface area contributed by atoms with E-state index >= 15 is 0 Å². The zero-order chi connectivity index (χ0) is 15.0. The molecule has 0 atom stereocenters. The average Bonchev–Trinajstić information content (AvgIpc) is 2.47. The van der Waals surface area contributed by atoms with Gasteiger partial charge in [0.05, 0.1) is 10.6 Å². The van der Waals surface area contributed by atoms with Gasteiger partial charge in [-0.1, -0.05) is 19.1 Å². The molecular weight excluding hydrogens is 276 g/mol. The van der Waals surface area contributed by atoms with Crippen molar-refractivity contribution in [2.24, 2.45) is 5.73 Å². The van der Waals surface area contributed by atoms with E-state index in [1.165, 1.54) is 0 Å². The molecule has 20 heavy (non-hydrogen) atoms. The Bertz CT molecular complexity index is 486. The topological polar surface area (TPSA) is 83.6 Å². The van der Waals surface area contributed by atoms with E-state index < -0.39 is 9.84 Å². The first-order valence-corrected chi connectivity index (χ1v) is 8.53. The molecule has 1 aromatic carbocycles. The van der Waals surface area contributed by atoms with Gasteiger partial charge in [-0.2, -0.15) is 0 Å². The Morgan fingerprint density at radius 1 is 1.20 bits per heavy atom. The van der Waals surface area contributed by atoms with Crippen LogP contribution in [0.15, 0.2) is 29.2 Å². The van der Waals surface area contributed by atoms with Crippen LogP contribution in [0.2, 0.25) is 0 Å².